The summed E-state index contributed by atoms with van der Waals surface area (Å²) < 4.78 is 1.54. The molecule has 1 N–H and O–H groups in total. The molecule has 0 saturated carbocycles. The van der Waals surface area contributed by atoms with Crippen molar-refractivity contribution in [3.63, 3.8) is 0 Å². The molecule has 8 heteroatoms. The number of piperazine rings is 1. The molecule has 25 heavy (non-hydrogen) atoms. The van der Waals surface area contributed by atoms with Crippen LogP contribution in [-0.2, 0) is 0 Å². The Labute approximate surface area is 144 Å². The van der Waals surface area contributed by atoms with Gasteiger partial charge >= 0.3 is 0 Å². The number of phenolic OH excluding ortho intramolecular Hbond substituents is 1. The fourth-order valence-corrected chi connectivity index (χ4v) is 3.01. The second-order valence-corrected chi connectivity index (χ2v) is 6.03. The predicted molar refractivity (Wildman–Crippen MR) is 91.7 cm³/mol. The van der Waals surface area contributed by atoms with Crippen LogP contribution in [0, 0.1) is 6.92 Å². The van der Waals surface area contributed by atoms with Crippen LogP contribution in [0.3, 0.4) is 0 Å². The molecule has 0 bridgehead atoms. The van der Waals surface area contributed by atoms with Crippen LogP contribution in [0.2, 0.25) is 0 Å². The van der Waals surface area contributed by atoms with Crippen LogP contribution in [0.25, 0.3) is 5.65 Å². The van der Waals surface area contributed by atoms with E-state index in [9.17, 15) is 9.90 Å². The molecule has 0 atom stereocenters. The van der Waals surface area contributed by atoms with E-state index < -0.39 is 0 Å². The molecule has 0 spiro atoms. The molecule has 0 unspecified atom stereocenters. The third kappa shape index (κ3) is 2.98. The van der Waals surface area contributed by atoms with E-state index >= 15 is 0 Å². The number of rotatable bonds is 2. The molecular formula is C17H18N6O2. The van der Waals surface area contributed by atoms with Crippen molar-refractivity contribution in [2.24, 2.45) is 0 Å². The first kappa shape index (κ1) is 15.4. The molecular weight excluding hydrogens is 320 g/mol. The summed E-state index contributed by atoms with van der Waals surface area (Å²) in [6.45, 7) is 4.42. The van der Waals surface area contributed by atoms with E-state index in [-0.39, 0.29) is 11.7 Å². The van der Waals surface area contributed by atoms with Gasteiger partial charge < -0.3 is 14.9 Å². The van der Waals surface area contributed by atoms with Gasteiger partial charge in [-0.15, -0.1) is 14.8 Å². The van der Waals surface area contributed by atoms with E-state index in [1.165, 1.54) is 10.7 Å². The molecule has 2 aromatic heterocycles. The van der Waals surface area contributed by atoms with Gasteiger partial charge in [-0.3, -0.25) is 4.79 Å². The van der Waals surface area contributed by atoms with Crippen molar-refractivity contribution in [3.05, 3.63) is 47.8 Å². The number of aromatic hydroxyl groups is 1. The SMILES string of the molecule is Cc1nc2ccc(N3CCN(C(=O)c4cccc(O)c4)CC3)nn2n1. The number of benzene rings is 1. The summed E-state index contributed by atoms with van der Waals surface area (Å²) in [6.07, 6.45) is 0. The molecule has 1 aromatic carbocycles. The Kier molecular flexibility index (Phi) is 3.72. The summed E-state index contributed by atoms with van der Waals surface area (Å²) in [5, 5.41) is 18.3. The average molecular weight is 338 g/mol. The van der Waals surface area contributed by atoms with E-state index in [4.69, 9.17) is 0 Å². The van der Waals surface area contributed by atoms with Gasteiger partial charge in [0.05, 0.1) is 0 Å². The van der Waals surface area contributed by atoms with Crippen molar-refractivity contribution in [1.29, 1.82) is 0 Å². The fourth-order valence-electron chi connectivity index (χ4n) is 3.01. The number of amides is 1. The molecule has 4 rings (SSSR count). The maximum Gasteiger partial charge on any atom is 0.254 e. The zero-order chi connectivity index (χ0) is 17.4. The monoisotopic (exact) mass is 338 g/mol. The van der Waals surface area contributed by atoms with Crippen molar-refractivity contribution in [2.75, 3.05) is 31.1 Å². The van der Waals surface area contributed by atoms with Crippen LogP contribution < -0.4 is 4.90 Å². The highest BCUT2D eigenvalue weighted by atomic mass is 16.3. The van der Waals surface area contributed by atoms with Crippen LogP contribution in [0.15, 0.2) is 36.4 Å². The van der Waals surface area contributed by atoms with Crippen molar-refractivity contribution < 1.29 is 9.90 Å². The smallest absolute Gasteiger partial charge is 0.254 e. The lowest BCUT2D eigenvalue weighted by Gasteiger charge is -2.35. The van der Waals surface area contributed by atoms with E-state index in [0.717, 1.165) is 11.5 Å². The molecule has 1 amide bonds. The first-order chi connectivity index (χ1) is 12.1. The predicted octanol–water partition coefficient (Wildman–Crippen LogP) is 1.10. The molecule has 3 heterocycles. The van der Waals surface area contributed by atoms with Gasteiger partial charge in [0, 0.05) is 31.7 Å². The Balaban J connectivity index is 1.46. The van der Waals surface area contributed by atoms with E-state index in [1.807, 2.05) is 19.1 Å². The number of hydrogen-bond donors (Lipinski definition) is 1. The summed E-state index contributed by atoms with van der Waals surface area (Å²) >= 11 is 0. The standard InChI is InChI=1S/C17H18N6O2/c1-12-18-15-5-6-16(20-23(15)19-12)21-7-9-22(10-8-21)17(25)13-3-2-4-14(24)11-13/h2-6,11,24H,7-10H2,1H3. The summed E-state index contributed by atoms with van der Waals surface area (Å²) in [4.78, 5) is 20.7. The number of aromatic nitrogens is 4. The molecule has 128 valence electrons. The largest absolute Gasteiger partial charge is 0.508 e. The van der Waals surface area contributed by atoms with Gasteiger partial charge in [0.2, 0.25) is 0 Å². The molecule has 1 fully saturated rings. The fraction of sp³-hybridized carbons (Fsp3) is 0.294. The normalized spacial score (nSPS) is 14.9. The van der Waals surface area contributed by atoms with Crippen LogP contribution in [-0.4, -0.2) is 61.9 Å². The Morgan fingerprint density at radius 3 is 2.64 bits per heavy atom. The van der Waals surface area contributed by atoms with Crippen molar-refractivity contribution in [3.8, 4) is 5.75 Å². The zero-order valence-electron chi connectivity index (χ0n) is 13.8. The number of carbonyl (C=O) groups is 1. The maximum absolute atomic E-state index is 12.5. The number of fused-ring (bicyclic) bond motifs is 1. The second-order valence-electron chi connectivity index (χ2n) is 6.03. The maximum atomic E-state index is 12.5. The zero-order valence-corrected chi connectivity index (χ0v) is 13.8. The number of phenols is 1. The number of hydrogen-bond acceptors (Lipinski definition) is 6. The number of anilines is 1. The number of nitrogens with zero attached hydrogens (tertiary/aromatic N) is 6. The highest BCUT2D eigenvalue weighted by Gasteiger charge is 2.23. The van der Waals surface area contributed by atoms with Gasteiger partial charge in [-0.2, -0.15) is 0 Å². The van der Waals surface area contributed by atoms with Crippen molar-refractivity contribution in [2.45, 2.75) is 6.92 Å². The minimum Gasteiger partial charge on any atom is -0.508 e. The van der Waals surface area contributed by atoms with Crippen LogP contribution in [0.5, 0.6) is 5.75 Å². The van der Waals surface area contributed by atoms with Gasteiger partial charge in [0.15, 0.2) is 11.5 Å². The lowest BCUT2D eigenvalue weighted by Crippen LogP contribution is -2.49. The van der Waals surface area contributed by atoms with Gasteiger partial charge in [0.25, 0.3) is 5.91 Å². The molecule has 8 nitrogen and oxygen atoms in total. The summed E-state index contributed by atoms with van der Waals surface area (Å²) in [5.41, 5.74) is 1.23. The van der Waals surface area contributed by atoms with E-state index in [1.54, 1.807) is 23.1 Å². The molecule has 1 saturated heterocycles. The molecule has 0 aliphatic carbocycles. The van der Waals surface area contributed by atoms with Gasteiger partial charge in [-0.1, -0.05) is 6.07 Å². The Bertz CT molecular complexity index is 930. The first-order valence-corrected chi connectivity index (χ1v) is 8.14. The summed E-state index contributed by atoms with van der Waals surface area (Å²) in [5.74, 6) is 1.55. The topological polar surface area (TPSA) is 86.9 Å². The van der Waals surface area contributed by atoms with Gasteiger partial charge in [-0.25, -0.2) is 4.98 Å². The van der Waals surface area contributed by atoms with Crippen LogP contribution in [0.1, 0.15) is 16.2 Å². The average Bonchev–Trinajstić information content (AvgIpc) is 3.00. The van der Waals surface area contributed by atoms with Crippen molar-refractivity contribution in [1.82, 2.24) is 24.7 Å². The van der Waals surface area contributed by atoms with E-state index in [2.05, 4.69) is 20.1 Å². The molecule has 3 aromatic rings. The quantitative estimate of drug-likeness (QED) is 0.753. The van der Waals surface area contributed by atoms with E-state index in [0.29, 0.717) is 37.6 Å². The molecule has 1 aliphatic rings. The third-order valence-electron chi connectivity index (χ3n) is 4.28. The van der Waals surface area contributed by atoms with Gasteiger partial charge in [-0.05, 0) is 37.3 Å². The van der Waals surface area contributed by atoms with Crippen molar-refractivity contribution >= 4 is 17.4 Å². The highest BCUT2D eigenvalue weighted by molar-refractivity contribution is 5.94. The minimum absolute atomic E-state index is 0.0640. The summed E-state index contributed by atoms with van der Waals surface area (Å²) in [7, 11) is 0. The number of aryl methyl sites for hydroxylation is 1. The van der Waals surface area contributed by atoms with Gasteiger partial charge in [0.1, 0.15) is 11.6 Å². The lowest BCUT2D eigenvalue weighted by atomic mass is 10.1. The van der Waals surface area contributed by atoms with Crippen LogP contribution in [0.4, 0.5) is 5.82 Å². The lowest BCUT2D eigenvalue weighted by molar-refractivity contribution is 0.0746. The first-order valence-electron chi connectivity index (χ1n) is 8.14. The highest BCUT2D eigenvalue weighted by Crippen LogP contribution is 2.17. The second kappa shape index (κ2) is 6.04. The molecule has 1 aliphatic heterocycles. The Morgan fingerprint density at radius 1 is 1.08 bits per heavy atom. The Hall–Kier alpha value is -3.16. The third-order valence-corrected chi connectivity index (χ3v) is 4.28. The Morgan fingerprint density at radius 2 is 1.88 bits per heavy atom. The molecule has 0 radical (unpaired) electrons. The minimum atomic E-state index is -0.0640. The summed E-state index contributed by atoms with van der Waals surface area (Å²) in [6, 6.07) is 10.3. The van der Waals surface area contributed by atoms with Crippen LogP contribution >= 0.6 is 0 Å². The number of carbonyl (C=O) groups excluding carboxylic acids is 1.